The monoisotopic (exact) mass is 254 g/mol. The van der Waals surface area contributed by atoms with Crippen LogP contribution in [0.4, 0.5) is 5.69 Å². The molecule has 5 heteroatoms. The first-order valence-electron chi connectivity index (χ1n) is 5.95. The van der Waals surface area contributed by atoms with Crippen LogP contribution in [0.3, 0.4) is 0 Å². The van der Waals surface area contributed by atoms with E-state index in [4.69, 9.17) is 0 Å². The van der Waals surface area contributed by atoms with Crippen molar-refractivity contribution in [2.24, 2.45) is 0 Å². The van der Waals surface area contributed by atoms with Gasteiger partial charge in [-0.3, -0.25) is 4.72 Å². The number of piperidine rings is 1. The molecule has 1 saturated heterocycles. The van der Waals surface area contributed by atoms with Crippen LogP contribution in [0.25, 0.3) is 0 Å². The van der Waals surface area contributed by atoms with Crippen molar-refractivity contribution in [1.29, 1.82) is 0 Å². The summed E-state index contributed by atoms with van der Waals surface area (Å²) >= 11 is 0. The molecule has 1 heterocycles. The van der Waals surface area contributed by atoms with Gasteiger partial charge in [0.15, 0.2) is 0 Å². The predicted molar refractivity (Wildman–Crippen MR) is 69.5 cm³/mol. The highest BCUT2D eigenvalue weighted by Gasteiger charge is 2.20. The van der Waals surface area contributed by atoms with E-state index in [0.717, 1.165) is 25.8 Å². The molecular weight excluding hydrogens is 236 g/mol. The van der Waals surface area contributed by atoms with Crippen molar-refractivity contribution in [3.63, 3.8) is 0 Å². The molecule has 2 N–H and O–H groups in total. The molecule has 1 fully saturated rings. The Morgan fingerprint density at radius 3 is 2.65 bits per heavy atom. The molecule has 1 aliphatic heterocycles. The zero-order chi connectivity index (χ0) is 12.1. The van der Waals surface area contributed by atoms with Crippen molar-refractivity contribution >= 4 is 15.7 Å². The van der Waals surface area contributed by atoms with E-state index in [0.29, 0.717) is 5.69 Å². The van der Waals surface area contributed by atoms with Crippen LogP contribution < -0.4 is 10.0 Å². The van der Waals surface area contributed by atoms with E-state index in [1.807, 2.05) is 18.2 Å². The average molecular weight is 254 g/mol. The first-order chi connectivity index (χ1) is 8.16. The van der Waals surface area contributed by atoms with Crippen LogP contribution in [-0.4, -0.2) is 26.8 Å². The summed E-state index contributed by atoms with van der Waals surface area (Å²) in [5.41, 5.74) is 0.628. The highest BCUT2D eigenvalue weighted by atomic mass is 32.2. The van der Waals surface area contributed by atoms with Crippen molar-refractivity contribution in [3.05, 3.63) is 30.3 Å². The van der Waals surface area contributed by atoms with Gasteiger partial charge in [-0.1, -0.05) is 24.6 Å². The quantitative estimate of drug-likeness (QED) is 0.857. The number of benzene rings is 1. The van der Waals surface area contributed by atoms with E-state index in [2.05, 4.69) is 10.0 Å². The molecule has 0 spiro atoms. The van der Waals surface area contributed by atoms with Crippen LogP contribution in [0.15, 0.2) is 30.3 Å². The van der Waals surface area contributed by atoms with Gasteiger partial charge >= 0.3 is 0 Å². The Kier molecular flexibility index (Phi) is 4.02. The summed E-state index contributed by atoms with van der Waals surface area (Å²) in [6.07, 6.45) is 3.19. The zero-order valence-corrected chi connectivity index (χ0v) is 10.5. The number of sulfonamides is 1. The van der Waals surface area contributed by atoms with E-state index in [9.17, 15) is 8.42 Å². The largest absolute Gasteiger partial charge is 0.313 e. The molecular formula is C12H18N2O2S. The summed E-state index contributed by atoms with van der Waals surface area (Å²) in [5.74, 6) is 0.155. The van der Waals surface area contributed by atoms with Crippen LogP contribution in [0.2, 0.25) is 0 Å². The number of hydrogen-bond acceptors (Lipinski definition) is 3. The lowest BCUT2D eigenvalue weighted by Crippen LogP contribution is -2.40. The van der Waals surface area contributed by atoms with E-state index in [1.165, 1.54) is 0 Å². The SMILES string of the molecule is O=S(=O)(CC1CCCCN1)Nc1ccccc1. The highest BCUT2D eigenvalue weighted by Crippen LogP contribution is 2.12. The maximum Gasteiger partial charge on any atom is 0.234 e. The van der Waals surface area contributed by atoms with E-state index in [1.54, 1.807) is 12.1 Å². The second-order valence-corrected chi connectivity index (χ2v) is 6.16. The Bertz CT molecular complexity index is 439. The smallest absolute Gasteiger partial charge is 0.234 e. The Balaban J connectivity index is 1.94. The molecule has 0 saturated carbocycles. The first-order valence-corrected chi connectivity index (χ1v) is 7.60. The molecule has 0 radical (unpaired) electrons. The van der Waals surface area contributed by atoms with Crippen LogP contribution in [0.5, 0.6) is 0 Å². The van der Waals surface area contributed by atoms with Crippen LogP contribution in [0, 0.1) is 0 Å². The summed E-state index contributed by atoms with van der Waals surface area (Å²) in [7, 11) is -3.25. The molecule has 0 aliphatic carbocycles. The normalized spacial score (nSPS) is 21.1. The van der Waals surface area contributed by atoms with Gasteiger partial charge in [0.2, 0.25) is 10.0 Å². The Morgan fingerprint density at radius 2 is 2.00 bits per heavy atom. The Labute approximate surface area is 102 Å². The third-order valence-corrected chi connectivity index (χ3v) is 4.27. The number of para-hydroxylation sites is 1. The minimum Gasteiger partial charge on any atom is -0.313 e. The molecule has 0 aromatic heterocycles. The third-order valence-electron chi connectivity index (χ3n) is 2.88. The van der Waals surface area contributed by atoms with Crippen LogP contribution >= 0.6 is 0 Å². The minimum atomic E-state index is -3.25. The van der Waals surface area contributed by atoms with Gasteiger partial charge in [0.25, 0.3) is 0 Å². The van der Waals surface area contributed by atoms with Gasteiger partial charge in [-0.2, -0.15) is 0 Å². The van der Waals surface area contributed by atoms with Gasteiger partial charge in [-0.25, -0.2) is 8.42 Å². The minimum absolute atomic E-state index is 0.0879. The van der Waals surface area contributed by atoms with Gasteiger partial charge in [0.1, 0.15) is 0 Å². The molecule has 1 unspecified atom stereocenters. The van der Waals surface area contributed by atoms with Gasteiger partial charge in [-0.05, 0) is 31.5 Å². The van der Waals surface area contributed by atoms with Gasteiger partial charge < -0.3 is 5.32 Å². The molecule has 94 valence electrons. The van der Waals surface area contributed by atoms with Gasteiger partial charge in [0, 0.05) is 11.7 Å². The van der Waals surface area contributed by atoms with Gasteiger partial charge in [-0.15, -0.1) is 0 Å². The molecule has 1 atom stereocenters. The molecule has 17 heavy (non-hydrogen) atoms. The van der Waals surface area contributed by atoms with Crippen molar-refractivity contribution < 1.29 is 8.42 Å². The molecule has 1 aliphatic rings. The standard InChI is InChI=1S/C12H18N2O2S/c15-17(16,10-12-8-4-5-9-13-12)14-11-6-2-1-3-7-11/h1-3,6-7,12-14H,4-5,8-10H2. The Hall–Kier alpha value is -1.07. The van der Waals surface area contributed by atoms with Crippen LogP contribution in [-0.2, 0) is 10.0 Å². The molecule has 0 bridgehead atoms. The fourth-order valence-electron chi connectivity index (χ4n) is 2.06. The molecule has 4 nitrogen and oxygen atoms in total. The summed E-state index contributed by atoms with van der Waals surface area (Å²) in [6.45, 7) is 0.922. The summed E-state index contributed by atoms with van der Waals surface area (Å²) in [4.78, 5) is 0. The van der Waals surface area contributed by atoms with Crippen molar-refractivity contribution in [2.75, 3.05) is 17.0 Å². The maximum absolute atomic E-state index is 11.9. The second kappa shape index (κ2) is 5.51. The fraction of sp³-hybridized carbons (Fsp3) is 0.500. The van der Waals surface area contributed by atoms with E-state index < -0.39 is 10.0 Å². The van der Waals surface area contributed by atoms with Crippen molar-refractivity contribution in [2.45, 2.75) is 25.3 Å². The molecule has 1 aromatic carbocycles. The van der Waals surface area contributed by atoms with Gasteiger partial charge in [0.05, 0.1) is 5.75 Å². The second-order valence-electron chi connectivity index (χ2n) is 4.40. The topological polar surface area (TPSA) is 58.2 Å². The van der Waals surface area contributed by atoms with E-state index in [-0.39, 0.29) is 11.8 Å². The van der Waals surface area contributed by atoms with Crippen LogP contribution in [0.1, 0.15) is 19.3 Å². The highest BCUT2D eigenvalue weighted by molar-refractivity contribution is 7.92. The molecule has 1 aromatic rings. The maximum atomic E-state index is 11.9. The fourth-order valence-corrected chi connectivity index (χ4v) is 3.45. The number of anilines is 1. The average Bonchev–Trinajstić information content (AvgIpc) is 2.30. The molecule has 2 rings (SSSR count). The van der Waals surface area contributed by atoms with Crippen molar-refractivity contribution in [3.8, 4) is 0 Å². The number of rotatable bonds is 4. The van der Waals surface area contributed by atoms with E-state index >= 15 is 0 Å². The zero-order valence-electron chi connectivity index (χ0n) is 9.72. The number of nitrogens with one attached hydrogen (secondary N) is 2. The lowest BCUT2D eigenvalue weighted by Gasteiger charge is -2.23. The third kappa shape index (κ3) is 4.02. The number of hydrogen-bond donors (Lipinski definition) is 2. The lowest BCUT2D eigenvalue weighted by atomic mass is 10.1. The summed E-state index contributed by atoms with van der Waals surface area (Å²) in [5, 5.41) is 3.24. The lowest BCUT2D eigenvalue weighted by molar-refractivity contribution is 0.424. The summed E-state index contributed by atoms with van der Waals surface area (Å²) in [6, 6.07) is 9.09. The Morgan fingerprint density at radius 1 is 1.24 bits per heavy atom. The first kappa shape index (κ1) is 12.4. The summed E-state index contributed by atoms with van der Waals surface area (Å²) < 4.78 is 26.4. The predicted octanol–water partition coefficient (Wildman–Crippen LogP) is 1.57. The van der Waals surface area contributed by atoms with Crippen molar-refractivity contribution in [1.82, 2.24) is 5.32 Å². The molecule has 0 amide bonds.